The van der Waals surface area contributed by atoms with E-state index in [1.54, 1.807) is 13.0 Å². The van der Waals surface area contributed by atoms with E-state index in [0.29, 0.717) is 23.6 Å². The minimum absolute atomic E-state index is 0.00159. The third kappa shape index (κ3) is 5.17. The fourth-order valence-corrected chi connectivity index (χ4v) is 4.73. The molecule has 1 atom stereocenters. The first-order valence-electron chi connectivity index (χ1n) is 12.1. The largest absolute Gasteiger partial charge is 0.437 e. The Kier molecular flexibility index (Phi) is 6.89. The molecule has 0 fully saturated rings. The number of hydrogen-bond donors (Lipinski definition) is 1. The lowest BCUT2D eigenvalue weighted by molar-refractivity contribution is -0.143. The number of fused-ring (bicyclic) bond motifs is 2. The molecule has 16 heteroatoms. The van der Waals surface area contributed by atoms with Crippen LogP contribution in [0.2, 0.25) is 0 Å². The number of nitrogens with zero attached hydrogens (tertiary/aromatic N) is 7. The quantitative estimate of drug-likeness (QED) is 0.374. The first kappa shape index (κ1) is 27.4. The molecule has 10 nitrogen and oxygen atoms in total. The highest BCUT2D eigenvalue weighted by atomic mass is 19.4. The molecule has 0 bridgehead atoms. The van der Waals surface area contributed by atoms with Crippen LogP contribution in [0.5, 0.6) is 0 Å². The van der Waals surface area contributed by atoms with Crippen LogP contribution in [0.15, 0.2) is 30.0 Å². The second-order valence-electron chi connectivity index (χ2n) is 9.58. The van der Waals surface area contributed by atoms with Crippen LogP contribution in [0.25, 0.3) is 0 Å². The van der Waals surface area contributed by atoms with Gasteiger partial charge >= 0.3 is 6.18 Å². The molecule has 3 aromatic rings. The fraction of sp³-hybridized carbons (Fsp3) is 0.375. The molecule has 2 aliphatic heterocycles. The Morgan fingerprint density at radius 1 is 1.02 bits per heavy atom. The van der Waals surface area contributed by atoms with Crippen LogP contribution >= 0.6 is 0 Å². The zero-order valence-corrected chi connectivity index (χ0v) is 20.9. The molecule has 2 aliphatic rings. The second-order valence-corrected chi connectivity index (χ2v) is 9.58. The molecule has 0 saturated heterocycles. The van der Waals surface area contributed by atoms with Crippen LogP contribution in [0.1, 0.15) is 29.1 Å². The van der Waals surface area contributed by atoms with E-state index in [-0.39, 0.29) is 55.9 Å². The van der Waals surface area contributed by atoms with Gasteiger partial charge in [-0.15, -0.1) is 5.10 Å². The highest BCUT2D eigenvalue weighted by Gasteiger charge is 2.41. The molecule has 0 radical (unpaired) electrons. The predicted octanol–water partition coefficient (Wildman–Crippen LogP) is 2.45. The van der Waals surface area contributed by atoms with E-state index in [4.69, 9.17) is 5.73 Å². The minimum atomic E-state index is -4.74. The molecule has 0 aliphatic carbocycles. The van der Waals surface area contributed by atoms with Gasteiger partial charge in [-0.1, -0.05) is 5.21 Å². The normalized spacial score (nSPS) is 15.9. The van der Waals surface area contributed by atoms with Crippen molar-refractivity contribution in [3.8, 4) is 0 Å². The van der Waals surface area contributed by atoms with Gasteiger partial charge in [-0.05, 0) is 25.0 Å². The van der Waals surface area contributed by atoms with E-state index in [9.17, 15) is 35.9 Å². The van der Waals surface area contributed by atoms with E-state index in [1.165, 1.54) is 15.8 Å². The van der Waals surface area contributed by atoms with E-state index < -0.39 is 47.2 Å². The summed E-state index contributed by atoms with van der Waals surface area (Å²) in [4.78, 5) is 29.0. The molecule has 0 saturated carbocycles. The van der Waals surface area contributed by atoms with Crippen molar-refractivity contribution in [2.45, 2.75) is 51.6 Å². The summed E-state index contributed by atoms with van der Waals surface area (Å²) >= 11 is 0. The van der Waals surface area contributed by atoms with Crippen molar-refractivity contribution in [3.05, 3.63) is 70.1 Å². The number of rotatable bonds is 5. The zero-order chi connectivity index (χ0) is 28.9. The molecular formula is C24H22F6N8O2. The lowest BCUT2D eigenvalue weighted by Gasteiger charge is -2.31. The number of amides is 2. The molecule has 4 heterocycles. The monoisotopic (exact) mass is 568 g/mol. The van der Waals surface area contributed by atoms with E-state index >= 15 is 0 Å². The number of aromatic nitrogens is 5. The number of carbonyl (C=O) groups is 2. The van der Waals surface area contributed by atoms with Crippen LogP contribution in [-0.4, -0.2) is 54.1 Å². The van der Waals surface area contributed by atoms with Crippen molar-refractivity contribution < 1.29 is 35.9 Å². The second kappa shape index (κ2) is 10.1. The maximum atomic E-state index is 14.1. The maximum Gasteiger partial charge on any atom is 0.437 e. The average Bonchev–Trinajstić information content (AvgIpc) is 3.48. The van der Waals surface area contributed by atoms with Crippen LogP contribution in [-0.2, 0) is 41.8 Å². The van der Waals surface area contributed by atoms with Crippen LogP contribution < -0.4 is 10.6 Å². The van der Waals surface area contributed by atoms with Gasteiger partial charge in [-0.3, -0.25) is 14.5 Å². The number of hydrogen-bond acceptors (Lipinski definition) is 6. The fourth-order valence-electron chi connectivity index (χ4n) is 4.73. The Hall–Kier alpha value is -4.21. The Balaban J connectivity index is 1.36. The smallest absolute Gasteiger partial charge is 0.331 e. The molecule has 1 aromatic carbocycles. The Labute approximate surface area is 222 Å². The van der Waals surface area contributed by atoms with Gasteiger partial charge in [0.05, 0.1) is 36.6 Å². The van der Waals surface area contributed by atoms with E-state index in [1.807, 2.05) is 0 Å². The number of alkyl halides is 3. The molecule has 0 spiro atoms. The first-order chi connectivity index (χ1) is 18.8. The summed E-state index contributed by atoms with van der Waals surface area (Å²) in [6.07, 6.45) is -4.09. The lowest BCUT2D eigenvalue weighted by atomic mass is 10.0. The average molecular weight is 568 g/mol. The van der Waals surface area contributed by atoms with E-state index in [0.717, 1.165) is 9.58 Å². The molecule has 0 unspecified atom stereocenters. The van der Waals surface area contributed by atoms with Gasteiger partial charge in [0, 0.05) is 37.3 Å². The SMILES string of the molecule is Cc1cc2n(n1)CC(C(=O)N1CCn3nnc(C(F)(F)F)c3C1)=CN2C(=O)C[C@H](N)Cc1cc(F)c(F)cc1F. The summed E-state index contributed by atoms with van der Waals surface area (Å²) in [5.74, 6) is -4.49. The van der Waals surface area contributed by atoms with Gasteiger partial charge in [0.1, 0.15) is 11.6 Å². The predicted molar refractivity (Wildman–Crippen MR) is 126 cm³/mol. The summed E-state index contributed by atoms with van der Waals surface area (Å²) < 4.78 is 83.4. The van der Waals surface area contributed by atoms with Crippen LogP contribution in [0.3, 0.4) is 0 Å². The van der Waals surface area contributed by atoms with Crippen LogP contribution in [0.4, 0.5) is 32.2 Å². The maximum absolute atomic E-state index is 14.1. The standard InChI is InChI=1S/C24H22F6N8O2/c1-12-4-20-36(21(39)7-15(31)5-13-6-17(26)18(27)8-16(13)25)9-14(10-38(20)33-12)23(40)35-2-3-37-19(11-35)22(32-34-37)24(28,29)30/h4,6,8-9,15H,2-3,5,7,10-11,31H2,1H3/t15-/m1/s1. The van der Waals surface area contributed by atoms with Gasteiger partial charge in [0.2, 0.25) is 5.91 Å². The van der Waals surface area contributed by atoms with Gasteiger partial charge in [-0.25, -0.2) is 22.5 Å². The van der Waals surface area contributed by atoms with Crippen molar-refractivity contribution in [2.75, 3.05) is 11.4 Å². The lowest BCUT2D eigenvalue weighted by Crippen LogP contribution is -2.43. The molecule has 2 amide bonds. The van der Waals surface area contributed by atoms with Gasteiger partial charge in [0.15, 0.2) is 17.3 Å². The molecule has 5 rings (SSSR count). The Bertz CT molecular complexity index is 1530. The van der Waals surface area contributed by atoms with Crippen molar-refractivity contribution in [2.24, 2.45) is 5.73 Å². The topological polar surface area (TPSA) is 115 Å². The third-order valence-electron chi connectivity index (χ3n) is 6.60. The minimum Gasteiger partial charge on any atom is -0.331 e. The highest BCUT2D eigenvalue weighted by molar-refractivity contribution is 6.00. The Morgan fingerprint density at radius 3 is 2.48 bits per heavy atom. The Morgan fingerprint density at radius 2 is 1.75 bits per heavy atom. The van der Waals surface area contributed by atoms with Crippen molar-refractivity contribution >= 4 is 17.6 Å². The van der Waals surface area contributed by atoms with Gasteiger partial charge in [-0.2, -0.15) is 18.3 Å². The summed E-state index contributed by atoms with van der Waals surface area (Å²) in [5.41, 5.74) is 5.03. The number of halogens is 6. The van der Waals surface area contributed by atoms with Crippen molar-refractivity contribution in [3.63, 3.8) is 0 Å². The summed E-state index contributed by atoms with van der Waals surface area (Å²) in [6, 6.07) is 1.67. The molecule has 40 heavy (non-hydrogen) atoms. The summed E-state index contributed by atoms with van der Waals surface area (Å²) in [6.45, 7) is 1.30. The van der Waals surface area contributed by atoms with Crippen molar-refractivity contribution in [1.29, 1.82) is 0 Å². The summed E-state index contributed by atoms with van der Waals surface area (Å²) in [5, 5.41) is 11.0. The number of benzene rings is 1. The molecule has 2 N–H and O–H groups in total. The van der Waals surface area contributed by atoms with E-state index in [2.05, 4.69) is 15.4 Å². The number of nitrogens with two attached hydrogens (primary N) is 1. The van der Waals surface area contributed by atoms with Crippen molar-refractivity contribution in [1.82, 2.24) is 29.7 Å². The number of carbonyl (C=O) groups excluding carboxylic acids is 2. The molecule has 2 aromatic heterocycles. The third-order valence-corrected chi connectivity index (χ3v) is 6.60. The molecular weight excluding hydrogens is 546 g/mol. The zero-order valence-electron chi connectivity index (χ0n) is 20.9. The van der Waals surface area contributed by atoms with Gasteiger partial charge in [0.25, 0.3) is 5.91 Å². The van der Waals surface area contributed by atoms with Gasteiger partial charge < -0.3 is 10.6 Å². The summed E-state index contributed by atoms with van der Waals surface area (Å²) in [7, 11) is 0. The number of anilines is 1. The highest BCUT2D eigenvalue weighted by Crippen LogP contribution is 2.33. The first-order valence-corrected chi connectivity index (χ1v) is 12.1. The molecule has 212 valence electrons. The van der Waals surface area contributed by atoms with Crippen LogP contribution in [0, 0.1) is 24.4 Å². The number of aryl methyl sites for hydroxylation is 1.